The molecular weight excluding hydrogens is 486 g/mol. The number of hydrogen-bond acceptors (Lipinski definition) is 5. The van der Waals surface area contributed by atoms with Crippen LogP contribution in [0.25, 0.3) is 0 Å². The molecule has 2 aromatic rings. The summed E-state index contributed by atoms with van der Waals surface area (Å²) in [5.74, 6) is 0.561. The van der Waals surface area contributed by atoms with Gasteiger partial charge >= 0.3 is 0 Å². The molecule has 2 saturated carbocycles. The highest BCUT2D eigenvalue weighted by molar-refractivity contribution is 7.89. The molecular formula is C28H39N5O3S. The van der Waals surface area contributed by atoms with Crippen molar-refractivity contribution >= 4 is 21.6 Å². The normalized spacial score (nSPS) is 26.6. The number of nitrogens with one attached hydrogen (secondary N) is 2. The first kappa shape index (κ1) is 26.0. The van der Waals surface area contributed by atoms with Crippen molar-refractivity contribution < 1.29 is 13.2 Å². The van der Waals surface area contributed by atoms with E-state index in [1.54, 1.807) is 16.8 Å². The second kappa shape index (κ2) is 9.91. The van der Waals surface area contributed by atoms with Crippen molar-refractivity contribution in [3.63, 3.8) is 0 Å². The molecule has 0 spiro atoms. The zero-order valence-electron chi connectivity index (χ0n) is 22.2. The Labute approximate surface area is 220 Å². The first-order valence-corrected chi connectivity index (χ1v) is 15.0. The predicted octanol–water partition coefficient (Wildman–Crippen LogP) is 3.28. The molecule has 2 bridgehead atoms. The number of nitrogens with zero attached hydrogens (tertiary/aromatic N) is 3. The fourth-order valence-corrected chi connectivity index (χ4v) is 9.18. The topological polar surface area (TPSA) is 98.4 Å². The van der Waals surface area contributed by atoms with E-state index in [2.05, 4.69) is 59.2 Å². The molecule has 200 valence electrons. The monoisotopic (exact) mass is 525 g/mol. The fraction of sp³-hybridized carbons (Fsp3) is 0.571. The number of amides is 1. The number of imidazole rings is 1. The lowest BCUT2D eigenvalue weighted by molar-refractivity contribution is -0.120. The van der Waals surface area contributed by atoms with Gasteiger partial charge in [-0.15, -0.1) is 0 Å². The highest BCUT2D eigenvalue weighted by Gasteiger charge is 2.63. The number of anilines is 1. The van der Waals surface area contributed by atoms with Crippen molar-refractivity contribution in [3.8, 4) is 0 Å². The summed E-state index contributed by atoms with van der Waals surface area (Å²) in [4.78, 5) is 21.5. The molecule has 2 heterocycles. The van der Waals surface area contributed by atoms with Crippen LogP contribution in [-0.2, 0) is 21.2 Å². The maximum Gasteiger partial charge on any atom is 0.226 e. The van der Waals surface area contributed by atoms with Crippen LogP contribution in [0.3, 0.4) is 0 Å². The molecule has 1 amide bonds. The number of H-pyrrole nitrogens is 1. The van der Waals surface area contributed by atoms with E-state index in [0.29, 0.717) is 38.6 Å². The molecule has 2 N–H and O–H groups in total. The van der Waals surface area contributed by atoms with Crippen LogP contribution in [0.2, 0.25) is 0 Å². The van der Waals surface area contributed by atoms with E-state index < -0.39 is 10.0 Å². The maximum atomic E-state index is 13.8. The number of aromatic nitrogens is 2. The highest BCUT2D eigenvalue weighted by atomic mass is 32.2. The summed E-state index contributed by atoms with van der Waals surface area (Å²) in [6.45, 7) is 9.44. The molecule has 0 radical (unpaired) electrons. The van der Waals surface area contributed by atoms with Gasteiger partial charge in [0.2, 0.25) is 15.9 Å². The molecule has 2 unspecified atom stereocenters. The molecule has 5 rings (SSSR count). The Morgan fingerprint density at radius 2 is 1.97 bits per heavy atom. The number of para-hydroxylation sites is 1. The SMILES string of the molecule is Cc1ccccc1N1CCN(S(=O)(=O)CC23CCC(C/C2=C\CNC(=O)Cc2cnc[nH]2)C3(C)C)CC1. The van der Waals surface area contributed by atoms with Crippen LogP contribution >= 0.6 is 0 Å². The number of allylic oxidation sites excluding steroid dienone is 1. The molecule has 2 aliphatic carbocycles. The third-order valence-electron chi connectivity index (χ3n) is 9.33. The second-order valence-electron chi connectivity index (χ2n) is 11.5. The first-order valence-electron chi connectivity index (χ1n) is 13.3. The Balaban J connectivity index is 1.27. The Hall–Kier alpha value is -2.65. The quantitative estimate of drug-likeness (QED) is 0.516. The van der Waals surface area contributed by atoms with Gasteiger partial charge in [0.15, 0.2) is 0 Å². The van der Waals surface area contributed by atoms with Crippen LogP contribution in [0, 0.1) is 23.7 Å². The zero-order chi connectivity index (χ0) is 26.3. The van der Waals surface area contributed by atoms with Crippen LogP contribution in [0.4, 0.5) is 5.69 Å². The number of carbonyl (C=O) groups excluding carboxylic acids is 1. The maximum absolute atomic E-state index is 13.8. The van der Waals surface area contributed by atoms with Crippen molar-refractivity contribution in [1.82, 2.24) is 19.6 Å². The predicted molar refractivity (Wildman–Crippen MR) is 146 cm³/mol. The number of carbonyl (C=O) groups is 1. The second-order valence-corrected chi connectivity index (χ2v) is 13.4. The summed E-state index contributed by atoms with van der Waals surface area (Å²) in [6, 6.07) is 8.29. The lowest BCUT2D eigenvalue weighted by atomic mass is 9.69. The van der Waals surface area contributed by atoms with Gasteiger partial charge < -0.3 is 15.2 Å². The number of hydrogen-bond donors (Lipinski definition) is 2. The highest BCUT2D eigenvalue weighted by Crippen LogP contribution is 2.68. The van der Waals surface area contributed by atoms with E-state index in [1.165, 1.54) is 16.8 Å². The molecule has 1 aliphatic heterocycles. The van der Waals surface area contributed by atoms with E-state index in [1.807, 2.05) is 12.1 Å². The minimum Gasteiger partial charge on any atom is -0.369 e. The lowest BCUT2D eigenvalue weighted by Gasteiger charge is -2.42. The number of piperazine rings is 1. The molecule has 3 aliphatic rings. The molecule has 8 nitrogen and oxygen atoms in total. The largest absolute Gasteiger partial charge is 0.369 e. The van der Waals surface area contributed by atoms with Gasteiger partial charge in [-0.25, -0.2) is 13.4 Å². The van der Waals surface area contributed by atoms with Crippen LogP contribution in [0.1, 0.15) is 44.4 Å². The van der Waals surface area contributed by atoms with E-state index in [4.69, 9.17) is 0 Å². The molecule has 1 aromatic heterocycles. The number of benzene rings is 1. The molecule has 3 fully saturated rings. The van der Waals surface area contributed by atoms with E-state index in [9.17, 15) is 13.2 Å². The Morgan fingerprint density at radius 3 is 2.65 bits per heavy atom. The summed E-state index contributed by atoms with van der Waals surface area (Å²) in [5, 5.41) is 2.97. The lowest BCUT2D eigenvalue weighted by Crippen LogP contribution is -2.52. The van der Waals surface area contributed by atoms with Gasteiger partial charge in [-0.2, -0.15) is 4.31 Å². The third-order valence-corrected chi connectivity index (χ3v) is 11.3. The Morgan fingerprint density at radius 1 is 1.22 bits per heavy atom. The zero-order valence-corrected chi connectivity index (χ0v) is 23.0. The number of rotatable bonds is 8. The summed E-state index contributed by atoms with van der Waals surface area (Å²) in [5.41, 5.74) is 3.92. The van der Waals surface area contributed by atoms with Gasteiger partial charge in [0.1, 0.15) is 0 Å². The van der Waals surface area contributed by atoms with E-state index in [0.717, 1.165) is 25.0 Å². The Bertz CT molecular complexity index is 1260. The molecule has 37 heavy (non-hydrogen) atoms. The van der Waals surface area contributed by atoms with Crippen molar-refractivity contribution in [2.45, 2.75) is 46.5 Å². The van der Waals surface area contributed by atoms with Crippen molar-refractivity contribution in [2.75, 3.05) is 43.4 Å². The fourth-order valence-electron chi connectivity index (χ4n) is 6.95. The molecule has 1 aromatic carbocycles. The molecule has 9 heteroatoms. The summed E-state index contributed by atoms with van der Waals surface area (Å²) < 4.78 is 29.4. The number of aromatic amines is 1. The number of aryl methyl sites for hydroxylation is 1. The van der Waals surface area contributed by atoms with Crippen molar-refractivity contribution in [3.05, 3.63) is 59.7 Å². The van der Waals surface area contributed by atoms with Gasteiger partial charge in [-0.3, -0.25) is 4.79 Å². The van der Waals surface area contributed by atoms with Gasteiger partial charge in [0.25, 0.3) is 0 Å². The standard InChI is InChI=1S/C28H39N5O3S/c1-21-6-4-5-7-25(21)32-12-14-33(15-13-32)37(35,36)19-28-10-8-22(27(28,2)3)16-23(28)9-11-30-26(34)17-24-18-29-20-31-24/h4-7,9,18,20,22H,8,10-17,19H2,1-3H3,(H,29,31)(H,30,34)/b23-9+. The molecule has 2 atom stereocenters. The van der Waals surface area contributed by atoms with Crippen molar-refractivity contribution in [2.24, 2.45) is 16.7 Å². The minimum absolute atomic E-state index is 0.0725. The Kier molecular flexibility index (Phi) is 6.96. The van der Waals surface area contributed by atoms with Crippen molar-refractivity contribution in [1.29, 1.82) is 0 Å². The van der Waals surface area contributed by atoms with E-state index >= 15 is 0 Å². The van der Waals surface area contributed by atoms with Crippen LogP contribution in [-0.4, -0.2) is 67.1 Å². The van der Waals surface area contributed by atoms with E-state index in [-0.39, 0.29) is 28.9 Å². The molecule has 1 saturated heterocycles. The van der Waals surface area contributed by atoms with Crippen LogP contribution in [0.15, 0.2) is 48.4 Å². The van der Waals surface area contributed by atoms with Gasteiger partial charge in [0.05, 0.1) is 18.5 Å². The number of fused-ring (bicyclic) bond motifs is 2. The average Bonchev–Trinajstić information content (AvgIpc) is 3.50. The third kappa shape index (κ3) is 4.83. The summed E-state index contributed by atoms with van der Waals surface area (Å²) >= 11 is 0. The smallest absolute Gasteiger partial charge is 0.226 e. The summed E-state index contributed by atoms with van der Waals surface area (Å²) in [6.07, 6.45) is 8.43. The first-order chi connectivity index (χ1) is 17.6. The minimum atomic E-state index is -3.44. The van der Waals surface area contributed by atoms with Crippen LogP contribution in [0.5, 0.6) is 0 Å². The van der Waals surface area contributed by atoms with Gasteiger partial charge in [-0.05, 0) is 49.1 Å². The average molecular weight is 526 g/mol. The number of sulfonamides is 1. The van der Waals surface area contributed by atoms with Gasteiger partial charge in [-0.1, -0.05) is 43.7 Å². The van der Waals surface area contributed by atoms with Gasteiger partial charge in [0, 0.05) is 55.7 Å². The van der Waals surface area contributed by atoms with Crippen LogP contribution < -0.4 is 10.2 Å². The summed E-state index contributed by atoms with van der Waals surface area (Å²) in [7, 11) is -3.44.